The van der Waals surface area contributed by atoms with Crippen molar-refractivity contribution in [3.8, 4) is 0 Å². The van der Waals surface area contributed by atoms with Gasteiger partial charge in [0.2, 0.25) is 0 Å². The van der Waals surface area contributed by atoms with Crippen LogP contribution in [0.4, 0.5) is 0 Å². The highest BCUT2D eigenvalue weighted by Gasteiger charge is 2.09. The highest BCUT2D eigenvalue weighted by molar-refractivity contribution is 5.72. The van der Waals surface area contributed by atoms with Gasteiger partial charge < -0.3 is 9.14 Å². The fraction of sp³-hybridized carbons (Fsp3) is 0.273. The Hall–Kier alpha value is -1.84. The van der Waals surface area contributed by atoms with Crippen LogP contribution in [-0.2, 0) is 16.0 Å². The van der Waals surface area contributed by atoms with Crippen LogP contribution in [0.1, 0.15) is 11.3 Å². The van der Waals surface area contributed by atoms with E-state index in [1.807, 2.05) is 29.7 Å². The van der Waals surface area contributed by atoms with Gasteiger partial charge in [0.15, 0.2) is 0 Å². The highest BCUT2D eigenvalue weighted by atomic mass is 16.5. The van der Waals surface area contributed by atoms with Crippen LogP contribution in [0, 0.1) is 6.92 Å². The van der Waals surface area contributed by atoms with Gasteiger partial charge in [-0.15, -0.1) is 0 Å². The van der Waals surface area contributed by atoms with E-state index in [-0.39, 0.29) is 12.4 Å². The largest absolute Gasteiger partial charge is 0.469 e. The van der Waals surface area contributed by atoms with Crippen molar-refractivity contribution in [1.29, 1.82) is 0 Å². The number of aryl methyl sites for hydroxylation is 1. The molecule has 0 saturated carbocycles. The molecule has 4 heteroatoms. The first-order chi connectivity index (χ1) is 7.22. The third kappa shape index (κ3) is 1.70. The summed E-state index contributed by atoms with van der Waals surface area (Å²) in [4.78, 5) is 15.4. The van der Waals surface area contributed by atoms with Crippen molar-refractivity contribution in [2.45, 2.75) is 13.3 Å². The molecule has 0 spiro atoms. The summed E-state index contributed by atoms with van der Waals surface area (Å²) in [6, 6.07) is 3.89. The Labute approximate surface area is 87.5 Å². The van der Waals surface area contributed by atoms with E-state index in [0.29, 0.717) is 0 Å². The molecule has 0 atom stereocenters. The first kappa shape index (κ1) is 9.71. The standard InChI is InChI=1S/C11H12N2O2/c1-8-3-4-10-12-5-6-13(10)9(8)7-11(14)15-2/h3-6H,7H2,1-2H3. The summed E-state index contributed by atoms with van der Waals surface area (Å²) in [5.74, 6) is -0.237. The minimum atomic E-state index is -0.237. The topological polar surface area (TPSA) is 43.6 Å². The Morgan fingerprint density at radius 1 is 1.53 bits per heavy atom. The first-order valence-electron chi connectivity index (χ1n) is 4.70. The summed E-state index contributed by atoms with van der Waals surface area (Å²) in [6.45, 7) is 1.97. The van der Waals surface area contributed by atoms with Crippen LogP contribution in [0.3, 0.4) is 0 Å². The van der Waals surface area contributed by atoms with E-state index in [2.05, 4.69) is 9.72 Å². The summed E-state index contributed by atoms with van der Waals surface area (Å²) in [6.07, 6.45) is 3.84. The van der Waals surface area contributed by atoms with Crippen LogP contribution in [0.25, 0.3) is 5.65 Å². The van der Waals surface area contributed by atoms with Gasteiger partial charge in [-0.1, -0.05) is 6.07 Å². The zero-order valence-electron chi connectivity index (χ0n) is 8.73. The van der Waals surface area contributed by atoms with E-state index in [1.54, 1.807) is 6.20 Å². The number of carbonyl (C=O) groups excluding carboxylic acids is 1. The van der Waals surface area contributed by atoms with E-state index in [9.17, 15) is 4.79 Å². The maximum absolute atomic E-state index is 11.2. The Morgan fingerprint density at radius 2 is 2.33 bits per heavy atom. The second-order valence-corrected chi connectivity index (χ2v) is 3.37. The van der Waals surface area contributed by atoms with Crippen LogP contribution in [0.2, 0.25) is 0 Å². The first-order valence-corrected chi connectivity index (χ1v) is 4.70. The summed E-state index contributed by atoms with van der Waals surface area (Å²) < 4.78 is 6.57. The fourth-order valence-electron chi connectivity index (χ4n) is 1.59. The van der Waals surface area contributed by atoms with E-state index in [0.717, 1.165) is 16.9 Å². The lowest BCUT2D eigenvalue weighted by molar-refractivity contribution is -0.139. The van der Waals surface area contributed by atoms with E-state index in [1.165, 1.54) is 7.11 Å². The molecule has 2 rings (SSSR count). The molecule has 0 radical (unpaired) electrons. The highest BCUT2D eigenvalue weighted by Crippen LogP contribution is 2.12. The Balaban J connectivity index is 2.51. The number of carbonyl (C=O) groups is 1. The van der Waals surface area contributed by atoms with Crippen molar-refractivity contribution in [2.24, 2.45) is 0 Å². The molecule has 0 aliphatic rings. The lowest BCUT2D eigenvalue weighted by Gasteiger charge is -2.07. The predicted molar refractivity (Wildman–Crippen MR) is 55.6 cm³/mol. The van der Waals surface area contributed by atoms with Crippen molar-refractivity contribution in [1.82, 2.24) is 9.38 Å². The van der Waals surface area contributed by atoms with Crippen LogP contribution in [-0.4, -0.2) is 22.5 Å². The van der Waals surface area contributed by atoms with Gasteiger partial charge in [0, 0.05) is 18.1 Å². The molecule has 0 aliphatic carbocycles. The number of ether oxygens (including phenoxy) is 1. The van der Waals surface area contributed by atoms with Gasteiger partial charge in [-0.05, 0) is 18.6 Å². The fourth-order valence-corrected chi connectivity index (χ4v) is 1.59. The Kier molecular flexibility index (Phi) is 2.41. The normalized spacial score (nSPS) is 10.5. The van der Waals surface area contributed by atoms with Gasteiger partial charge in [-0.3, -0.25) is 4.79 Å². The Morgan fingerprint density at radius 3 is 3.07 bits per heavy atom. The van der Waals surface area contributed by atoms with Crippen molar-refractivity contribution >= 4 is 11.6 Å². The maximum Gasteiger partial charge on any atom is 0.311 e. The van der Waals surface area contributed by atoms with Gasteiger partial charge in [0.25, 0.3) is 0 Å². The lowest BCUT2D eigenvalue weighted by atomic mass is 10.1. The zero-order valence-corrected chi connectivity index (χ0v) is 8.73. The minimum absolute atomic E-state index is 0.237. The van der Waals surface area contributed by atoms with Crippen LogP contribution in [0.15, 0.2) is 24.5 Å². The molecule has 0 N–H and O–H groups in total. The van der Waals surface area contributed by atoms with Crippen LogP contribution < -0.4 is 0 Å². The van der Waals surface area contributed by atoms with Crippen LogP contribution in [0.5, 0.6) is 0 Å². The number of pyridine rings is 1. The van der Waals surface area contributed by atoms with E-state index < -0.39 is 0 Å². The number of fused-ring (bicyclic) bond motifs is 1. The smallest absolute Gasteiger partial charge is 0.311 e. The molecule has 0 bridgehead atoms. The number of esters is 1. The molecular formula is C11H12N2O2. The third-order valence-electron chi connectivity index (χ3n) is 2.44. The summed E-state index contributed by atoms with van der Waals surface area (Å²) in [7, 11) is 1.39. The van der Waals surface area contributed by atoms with Crippen molar-refractivity contribution in [2.75, 3.05) is 7.11 Å². The molecule has 0 unspecified atom stereocenters. The van der Waals surface area contributed by atoms with Gasteiger partial charge in [-0.2, -0.15) is 0 Å². The third-order valence-corrected chi connectivity index (χ3v) is 2.44. The molecule has 78 valence electrons. The number of methoxy groups -OCH3 is 1. The number of hydrogen-bond donors (Lipinski definition) is 0. The molecule has 15 heavy (non-hydrogen) atoms. The maximum atomic E-state index is 11.2. The Bertz CT molecular complexity index is 502. The molecule has 0 amide bonds. The summed E-state index contributed by atoms with van der Waals surface area (Å²) >= 11 is 0. The van der Waals surface area contributed by atoms with E-state index >= 15 is 0 Å². The summed E-state index contributed by atoms with van der Waals surface area (Å²) in [5, 5.41) is 0. The molecule has 2 heterocycles. The molecular weight excluding hydrogens is 192 g/mol. The minimum Gasteiger partial charge on any atom is -0.469 e. The monoisotopic (exact) mass is 204 g/mol. The molecule has 2 aromatic heterocycles. The summed E-state index contributed by atoms with van der Waals surface area (Å²) in [5.41, 5.74) is 2.84. The van der Waals surface area contributed by atoms with E-state index in [4.69, 9.17) is 0 Å². The molecule has 0 saturated heterocycles. The van der Waals surface area contributed by atoms with Gasteiger partial charge in [0.05, 0.1) is 13.5 Å². The average molecular weight is 204 g/mol. The lowest BCUT2D eigenvalue weighted by Crippen LogP contribution is -2.09. The SMILES string of the molecule is COC(=O)Cc1c(C)ccc2nccn12. The number of aromatic nitrogens is 2. The average Bonchev–Trinajstić information content (AvgIpc) is 2.70. The predicted octanol–water partition coefficient (Wildman–Crippen LogP) is 1.36. The second kappa shape index (κ2) is 3.73. The number of nitrogens with zero attached hydrogens (tertiary/aromatic N) is 2. The number of rotatable bonds is 2. The van der Waals surface area contributed by atoms with Crippen molar-refractivity contribution in [3.63, 3.8) is 0 Å². The molecule has 4 nitrogen and oxygen atoms in total. The quantitative estimate of drug-likeness (QED) is 0.694. The molecule has 0 aliphatic heterocycles. The van der Waals surface area contributed by atoms with Crippen molar-refractivity contribution in [3.05, 3.63) is 35.8 Å². The van der Waals surface area contributed by atoms with Crippen LogP contribution >= 0.6 is 0 Å². The molecule has 0 fully saturated rings. The van der Waals surface area contributed by atoms with Gasteiger partial charge >= 0.3 is 5.97 Å². The van der Waals surface area contributed by atoms with Crippen molar-refractivity contribution < 1.29 is 9.53 Å². The number of hydrogen-bond acceptors (Lipinski definition) is 3. The number of imidazole rings is 1. The van der Waals surface area contributed by atoms with Gasteiger partial charge in [0.1, 0.15) is 5.65 Å². The zero-order chi connectivity index (χ0) is 10.8. The molecule has 0 aromatic carbocycles. The van der Waals surface area contributed by atoms with Gasteiger partial charge in [-0.25, -0.2) is 4.98 Å². The molecule has 2 aromatic rings. The second-order valence-electron chi connectivity index (χ2n) is 3.37.